The normalized spacial score (nSPS) is 17.8. The van der Waals surface area contributed by atoms with Crippen molar-refractivity contribution < 1.29 is 9.59 Å². The molecule has 0 bridgehead atoms. The summed E-state index contributed by atoms with van der Waals surface area (Å²) in [6, 6.07) is 7.27. The minimum atomic E-state index is -0.679. The van der Waals surface area contributed by atoms with Gasteiger partial charge >= 0.3 is 0 Å². The Morgan fingerprint density at radius 2 is 1.86 bits per heavy atom. The number of piperazine rings is 1. The maximum atomic E-state index is 12.3. The van der Waals surface area contributed by atoms with Crippen LogP contribution in [-0.4, -0.2) is 48.4 Å². The van der Waals surface area contributed by atoms with Gasteiger partial charge in [0.1, 0.15) is 0 Å². The number of nitrogens with two attached hydrogens (primary N) is 2. The zero-order chi connectivity index (χ0) is 16.3. The van der Waals surface area contributed by atoms with Gasteiger partial charge in [0, 0.05) is 24.8 Å². The standard InChI is InChI=1S/C16H24N4O2/c1-11(2)19-7-8-20(15(21)10-19)13-5-3-12(4-6-13)9-14(17)16(18)22/h3-6,11,14H,7-10,17H2,1-2H3,(H2,18,22). The lowest BCUT2D eigenvalue weighted by Crippen LogP contribution is -2.52. The second-order valence-corrected chi connectivity index (χ2v) is 5.99. The van der Waals surface area contributed by atoms with Crippen LogP contribution >= 0.6 is 0 Å². The van der Waals surface area contributed by atoms with Crippen LogP contribution in [0.25, 0.3) is 0 Å². The van der Waals surface area contributed by atoms with Gasteiger partial charge in [0.05, 0.1) is 12.6 Å². The van der Waals surface area contributed by atoms with Crippen molar-refractivity contribution >= 4 is 17.5 Å². The Morgan fingerprint density at radius 3 is 2.36 bits per heavy atom. The molecular weight excluding hydrogens is 280 g/mol. The first-order chi connectivity index (χ1) is 10.4. The molecule has 4 N–H and O–H groups in total. The third-order valence-electron chi connectivity index (χ3n) is 4.05. The molecule has 1 unspecified atom stereocenters. The number of anilines is 1. The Bertz CT molecular complexity index is 542. The first-order valence-corrected chi connectivity index (χ1v) is 7.56. The van der Waals surface area contributed by atoms with Crippen LogP contribution in [0.1, 0.15) is 19.4 Å². The fourth-order valence-corrected chi connectivity index (χ4v) is 2.57. The van der Waals surface area contributed by atoms with E-state index in [2.05, 4.69) is 18.7 Å². The van der Waals surface area contributed by atoms with Gasteiger partial charge in [0.2, 0.25) is 11.8 Å². The van der Waals surface area contributed by atoms with E-state index >= 15 is 0 Å². The van der Waals surface area contributed by atoms with Crippen molar-refractivity contribution in [3.8, 4) is 0 Å². The van der Waals surface area contributed by atoms with Crippen molar-refractivity contribution in [2.24, 2.45) is 11.5 Å². The van der Waals surface area contributed by atoms with Gasteiger partial charge in [-0.2, -0.15) is 0 Å². The predicted octanol–water partition coefficient (Wildman–Crippen LogP) is 0.0987. The second-order valence-electron chi connectivity index (χ2n) is 5.99. The topological polar surface area (TPSA) is 92.7 Å². The Hall–Kier alpha value is -1.92. The molecule has 1 aromatic carbocycles. The molecule has 1 aliphatic heterocycles. The number of hydrogen-bond donors (Lipinski definition) is 2. The van der Waals surface area contributed by atoms with Crippen LogP contribution in [0.4, 0.5) is 5.69 Å². The summed E-state index contributed by atoms with van der Waals surface area (Å²) in [5.74, 6) is -0.398. The molecule has 0 radical (unpaired) electrons. The first-order valence-electron chi connectivity index (χ1n) is 7.56. The Balaban J connectivity index is 2.02. The predicted molar refractivity (Wildman–Crippen MR) is 86.4 cm³/mol. The van der Waals surface area contributed by atoms with E-state index in [1.54, 1.807) is 4.90 Å². The molecule has 0 aliphatic carbocycles. The average Bonchev–Trinajstić information content (AvgIpc) is 2.48. The number of nitrogens with zero attached hydrogens (tertiary/aromatic N) is 2. The maximum Gasteiger partial charge on any atom is 0.241 e. The Labute approximate surface area is 131 Å². The maximum absolute atomic E-state index is 12.3. The zero-order valence-corrected chi connectivity index (χ0v) is 13.2. The molecular formula is C16H24N4O2. The van der Waals surface area contributed by atoms with E-state index < -0.39 is 11.9 Å². The lowest BCUT2D eigenvalue weighted by atomic mass is 10.1. The molecule has 2 amide bonds. The minimum absolute atomic E-state index is 0.113. The van der Waals surface area contributed by atoms with Crippen LogP contribution < -0.4 is 16.4 Å². The van der Waals surface area contributed by atoms with Crippen LogP contribution in [0.3, 0.4) is 0 Å². The number of rotatable bonds is 5. The van der Waals surface area contributed by atoms with E-state index in [-0.39, 0.29) is 5.91 Å². The fraction of sp³-hybridized carbons (Fsp3) is 0.500. The quantitative estimate of drug-likeness (QED) is 0.807. The van der Waals surface area contributed by atoms with Crippen LogP contribution in [0.5, 0.6) is 0 Å². The van der Waals surface area contributed by atoms with Crippen molar-refractivity contribution in [3.05, 3.63) is 29.8 Å². The molecule has 2 rings (SSSR count). The molecule has 1 saturated heterocycles. The summed E-state index contributed by atoms with van der Waals surface area (Å²) >= 11 is 0. The molecule has 6 heteroatoms. The minimum Gasteiger partial charge on any atom is -0.368 e. The fourth-order valence-electron chi connectivity index (χ4n) is 2.57. The van der Waals surface area contributed by atoms with Crippen molar-refractivity contribution in [3.63, 3.8) is 0 Å². The van der Waals surface area contributed by atoms with Gasteiger partial charge in [-0.05, 0) is 38.0 Å². The molecule has 1 aliphatic rings. The highest BCUT2D eigenvalue weighted by Gasteiger charge is 2.26. The summed E-state index contributed by atoms with van der Waals surface area (Å²) in [5.41, 5.74) is 12.6. The van der Waals surface area contributed by atoms with Gasteiger partial charge < -0.3 is 16.4 Å². The summed E-state index contributed by atoms with van der Waals surface area (Å²) in [6.07, 6.45) is 0.407. The van der Waals surface area contributed by atoms with E-state index in [1.165, 1.54) is 0 Å². The van der Waals surface area contributed by atoms with Gasteiger partial charge in [-0.15, -0.1) is 0 Å². The van der Waals surface area contributed by atoms with Crippen molar-refractivity contribution in [1.29, 1.82) is 0 Å². The smallest absolute Gasteiger partial charge is 0.241 e. The number of hydrogen-bond acceptors (Lipinski definition) is 4. The highest BCUT2D eigenvalue weighted by atomic mass is 16.2. The summed E-state index contributed by atoms with van der Waals surface area (Å²) in [6.45, 7) is 6.21. The third-order valence-corrected chi connectivity index (χ3v) is 4.05. The number of carbonyl (C=O) groups excluding carboxylic acids is 2. The molecule has 1 aromatic rings. The van der Waals surface area contributed by atoms with Crippen LogP contribution in [-0.2, 0) is 16.0 Å². The van der Waals surface area contributed by atoms with E-state index in [9.17, 15) is 9.59 Å². The largest absolute Gasteiger partial charge is 0.368 e. The lowest BCUT2D eigenvalue weighted by Gasteiger charge is -2.36. The summed E-state index contributed by atoms with van der Waals surface area (Å²) < 4.78 is 0. The summed E-state index contributed by atoms with van der Waals surface area (Å²) in [4.78, 5) is 27.2. The molecule has 0 saturated carbocycles. The molecule has 0 aromatic heterocycles. The van der Waals surface area contributed by atoms with Crippen molar-refractivity contribution in [2.45, 2.75) is 32.4 Å². The monoisotopic (exact) mass is 304 g/mol. The van der Waals surface area contributed by atoms with Gasteiger partial charge in [-0.3, -0.25) is 14.5 Å². The van der Waals surface area contributed by atoms with E-state index in [0.29, 0.717) is 25.6 Å². The van der Waals surface area contributed by atoms with Crippen molar-refractivity contribution in [2.75, 3.05) is 24.5 Å². The summed E-state index contributed by atoms with van der Waals surface area (Å²) in [5, 5.41) is 0. The number of carbonyl (C=O) groups is 2. The SMILES string of the molecule is CC(C)N1CCN(c2ccc(CC(N)C(N)=O)cc2)C(=O)C1. The molecule has 6 nitrogen and oxygen atoms in total. The van der Waals surface area contributed by atoms with E-state index in [4.69, 9.17) is 11.5 Å². The Kier molecular flexibility index (Phi) is 5.15. The van der Waals surface area contributed by atoms with Gasteiger partial charge in [0.25, 0.3) is 0 Å². The van der Waals surface area contributed by atoms with Crippen LogP contribution in [0, 0.1) is 0 Å². The van der Waals surface area contributed by atoms with Gasteiger partial charge in [0.15, 0.2) is 0 Å². The number of primary amides is 1. The third kappa shape index (κ3) is 3.84. The molecule has 1 atom stereocenters. The van der Waals surface area contributed by atoms with Crippen LogP contribution in [0.2, 0.25) is 0 Å². The average molecular weight is 304 g/mol. The second kappa shape index (κ2) is 6.89. The highest BCUT2D eigenvalue weighted by molar-refractivity contribution is 5.95. The van der Waals surface area contributed by atoms with Crippen molar-refractivity contribution in [1.82, 2.24) is 4.90 Å². The molecule has 0 spiro atoms. The van der Waals surface area contributed by atoms with Gasteiger partial charge in [-0.25, -0.2) is 0 Å². The highest BCUT2D eigenvalue weighted by Crippen LogP contribution is 2.19. The first kappa shape index (κ1) is 16.5. The lowest BCUT2D eigenvalue weighted by molar-refractivity contribution is -0.122. The van der Waals surface area contributed by atoms with E-state index in [0.717, 1.165) is 17.8 Å². The molecule has 1 heterocycles. The summed E-state index contributed by atoms with van der Waals surface area (Å²) in [7, 11) is 0. The molecule has 120 valence electrons. The molecule has 22 heavy (non-hydrogen) atoms. The molecule has 1 fully saturated rings. The van der Waals surface area contributed by atoms with Gasteiger partial charge in [-0.1, -0.05) is 12.1 Å². The Morgan fingerprint density at radius 1 is 1.23 bits per heavy atom. The number of amides is 2. The zero-order valence-electron chi connectivity index (χ0n) is 13.2. The number of benzene rings is 1. The van der Waals surface area contributed by atoms with E-state index in [1.807, 2.05) is 24.3 Å². The van der Waals surface area contributed by atoms with Crippen LogP contribution in [0.15, 0.2) is 24.3 Å².